The van der Waals surface area contributed by atoms with Crippen LogP contribution in [0.1, 0.15) is 53.9 Å². The quantitative estimate of drug-likeness (QED) is 0.765. The third-order valence-electron chi connectivity index (χ3n) is 5.88. The minimum atomic E-state index is -0.865. The summed E-state index contributed by atoms with van der Waals surface area (Å²) in [5.41, 5.74) is -0.0394. The van der Waals surface area contributed by atoms with Crippen molar-refractivity contribution in [1.82, 2.24) is 0 Å². The van der Waals surface area contributed by atoms with Gasteiger partial charge in [0, 0.05) is 24.8 Å². The fourth-order valence-corrected chi connectivity index (χ4v) is 3.87. The summed E-state index contributed by atoms with van der Waals surface area (Å²) in [5.74, 6) is 0.693. The van der Waals surface area contributed by atoms with Crippen LogP contribution in [-0.2, 0) is 28.5 Å². The zero-order valence-electron chi connectivity index (χ0n) is 17.3. The van der Waals surface area contributed by atoms with Gasteiger partial charge in [-0.25, -0.2) is 0 Å². The highest BCUT2D eigenvalue weighted by Crippen LogP contribution is 2.37. The van der Waals surface area contributed by atoms with E-state index in [4.69, 9.17) is 23.7 Å². The molecule has 4 unspecified atom stereocenters. The first kappa shape index (κ1) is 21.1. The molecule has 3 heterocycles. The van der Waals surface area contributed by atoms with Crippen LogP contribution >= 0.6 is 0 Å². The summed E-state index contributed by atoms with van der Waals surface area (Å²) >= 11 is 0. The van der Waals surface area contributed by atoms with Gasteiger partial charge in [0.15, 0.2) is 18.2 Å². The molecule has 0 aromatic carbocycles. The van der Waals surface area contributed by atoms with E-state index in [1.54, 1.807) is 19.3 Å². The zero-order chi connectivity index (χ0) is 20.5. The SMILES string of the molecule is CC1=COC(C)[C@@H](O)[C@@]1(C)O[C@H]1CC(COC2=CCC(=O)C(C)O2)CC(C)O1. The molecule has 0 amide bonds. The van der Waals surface area contributed by atoms with E-state index in [1.165, 1.54) is 0 Å². The predicted octanol–water partition coefficient (Wildman–Crippen LogP) is 2.82. The molecule has 0 bridgehead atoms. The Morgan fingerprint density at radius 3 is 2.75 bits per heavy atom. The van der Waals surface area contributed by atoms with Gasteiger partial charge in [-0.3, -0.25) is 4.79 Å². The summed E-state index contributed by atoms with van der Waals surface area (Å²) in [7, 11) is 0. The Balaban J connectivity index is 1.59. The minimum absolute atomic E-state index is 0.0106. The molecule has 3 rings (SSSR count). The summed E-state index contributed by atoms with van der Waals surface area (Å²) in [6.07, 6.45) is 3.14. The molecule has 1 N–H and O–H groups in total. The van der Waals surface area contributed by atoms with Crippen molar-refractivity contribution in [3.8, 4) is 0 Å². The van der Waals surface area contributed by atoms with Crippen molar-refractivity contribution in [2.45, 2.75) is 90.2 Å². The van der Waals surface area contributed by atoms with Crippen molar-refractivity contribution >= 4 is 5.78 Å². The van der Waals surface area contributed by atoms with Gasteiger partial charge < -0.3 is 28.8 Å². The molecule has 0 spiro atoms. The highest BCUT2D eigenvalue weighted by molar-refractivity contribution is 5.84. The van der Waals surface area contributed by atoms with Crippen molar-refractivity contribution in [1.29, 1.82) is 0 Å². The number of aliphatic hydroxyl groups is 1. The van der Waals surface area contributed by atoms with Gasteiger partial charge >= 0.3 is 0 Å². The number of hydrogen-bond donors (Lipinski definition) is 1. The Kier molecular flexibility index (Phi) is 6.37. The fourth-order valence-electron chi connectivity index (χ4n) is 3.87. The van der Waals surface area contributed by atoms with E-state index in [9.17, 15) is 9.90 Å². The van der Waals surface area contributed by atoms with E-state index < -0.39 is 24.1 Å². The van der Waals surface area contributed by atoms with Crippen LogP contribution in [0.4, 0.5) is 0 Å². The summed E-state index contributed by atoms with van der Waals surface area (Å²) < 4.78 is 29.0. The molecule has 0 radical (unpaired) electrons. The molecule has 28 heavy (non-hydrogen) atoms. The number of carbonyl (C=O) groups is 1. The Morgan fingerprint density at radius 1 is 1.29 bits per heavy atom. The summed E-state index contributed by atoms with van der Waals surface area (Å²) in [6, 6.07) is 0. The molecule has 158 valence electrons. The van der Waals surface area contributed by atoms with Gasteiger partial charge in [0.05, 0.1) is 19.0 Å². The maximum Gasteiger partial charge on any atom is 0.276 e. The largest absolute Gasteiger partial charge is 0.495 e. The number of carbonyl (C=O) groups excluding carboxylic acids is 1. The lowest BCUT2D eigenvalue weighted by Gasteiger charge is -2.45. The molecule has 7 heteroatoms. The van der Waals surface area contributed by atoms with Gasteiger partial charge in [-0.05, 0) is 46.6 Å². The highest BCUT2D eigenvalue weighted by atomic mass is 16.7. The monoisotopic (exact) mass is 396 g/mol. The molecule has 0 aromatic rings. The molecule has 0 aliphatic carbocycles. The van der Waals surface area contributed by atoms with Crippen molar-refractivity contribution in [2.24, 2.45) is 5.92 Å². The first-order valence-corrected chi connectivity index (χ1v) is 10.1. The number of allylic oxidation sites excluding steroid dienone is 1. The first-order valence-electron chi connectivity index (χ1n) is 10.1. The Bertz CT molecular complexity index is 643. The lowest BCUT2D eigenvalue weighted by molar-refractivity contribution is -0.270. The summed E-state index contributed by atoms with van der Waals surface area (Å²) in [5, 5.41) is 10.6. The van der Waals surface area contributed by atoms with Crippen LogP contribution < -0.4 is 0 Å². The molecule has 7 nitrogen and oxygen atoms in total. The van der Waals surface area contributed by atoms with E-state index in [0.717, 1.165) is 12.0 Å². The molecular formula is C21H32O7. The van der Waals surface area contributed by atoms with Crippen molar-refractivity contribution in [2.75, 3.05) is 6.61 Å². The zero-order valence-corrected chi connectivity index (χ0v) is 17.3. The number of ketones is 1. The van der Waals surface area contributed by atoms with Crippen molar-refractivity contribution < 1.29 is 33.6 Å². The van der Waals surface area contributed by atoms with Crippen molar-refractivity contribution in [3.05, 3.63) is 23.9 Å². The van der Waals surface area contributed by atoms with Gasteiger partial charge in [0.25, 0.3) is 5.95 Å². The number of hydrogen-bond acceptors (Lipinski definition) is 7. The van der Waals surface area contributed by atoms with Crippen LogP contribution in [0.5, 0.6) is 0 Å². The lowest BCUT2D eigenvalue weighted by Crippen LogP contribution is -2.54. The average molecular weight is 396 g/mol. The number of rotatable bonds is 5. The molecule has 1 fully saturated rings. The molecule has 7 atom stereocenters. The maximum atomic E-state index is 11.5. The Hall–Kier alpha value is -1.57. The normalized spacial score (nSPS) is 41.4. The number of aliphatic hydroxyl groups excluding tert-OH is 1. The molecule has 0 aromatic heterocycles. The van der Waals surface area contributed by atoms with Crippen LogP contribution in [0.15, 0.2) is 23.9 Å². The van der Waals surface area contributed by atoms with Crippen LogP contribution in [0.3, 0.4) is 0 Å². The van der Waals surface area contributed by atoms with Crippen LogP contribution in [0.25, 0.3) is 0 Å². The Labute approximate surface area is 166 Å². The van der Waals surface area contributed by atoms with E-state index >= 15 is 0 Å². The third kappa shape index (κ3) is 4.53. The molecule has 1 saturated heterocycles. The van der Waals surface area contributed by atoms with E-state index in [0.29, 0.717) is 25.4 Å². The Morgan fingerprint density at radius 2 is 2.04 bits per heavy atom. The third-order valence-corrected chi connectivity index (χ3v) is 5.88. The molecule has 3 aliphatic rings. The lowest BCUT2D eigenvalue weighted by atomic mass is 9.86. The highest BCUT2D eigenvalue weighted by Gasteiger charge is 2.46. The second kappa shape index (κ2) is 8.43. The number of ether oxygens (including phenoxy) is 5. The fraction of sp³-hybridized carbons (Fsp3) is 0.762. The van der Waals surface area contributed by atoms with Gasteiger partial charge in [-0.15, -0.1) is 0 Å². The van der Waals surface area contributed by atoms with Crippen LogP contribution in [0, 0.1) is 5.92 Å². The first-order chi connectivity index (χ1) is 13.2. The molecule has 3 aliphatic heterocycles. The standard InChI is InChI=1S/C21H32O7/c1-12-10-24-15(4)20(23)21(12,5)28-19-9-16(8-13(2)26-19)11-25-18-7-6-17(22)14(3)27-18/h7,10,13-16,19-20,23H,6,8-9,11H2,1-5H3/t13?,14?,15?,16?,19-,20+,21-/m0/s1. The van der Waals surface area contributed by atoms with E-state index in [2.05, 4.69) is 0 Å². The second-order valence-corrected chi connectivity index (χ2v) is 8.29. The van der Waals surface area contributed by atoms with Gasteiger partial charge in [-0.2, -0.15) is 0 Å². The van der Waals surface area contributed by atoms with Crippen LogP contribution in [0.2, 0.25) is 0 Å². The van der Waals surface area contributed by atoms with Gasteiger partial charge in [-0.1, -0.05) is 0 Å². The van der Waals surface area contributed by atoms with E-state index in [1.807, 2.05) is 27.7 Å². The second-order valence-electron chi connectivity index (χ2n) is 8.29. The topological polar surface area (TPSA) is 83.5 Å². The minimum Gasteiger partial charge on any atom is -0.495 e. The number of Topliss-reactive ketones (excluding diaryl/α,β-unsaturated/α-hetero) is 1. The molecule has 0 saturated carbocycles. The van der Waals surface area contributed by atoms with Crippen LogP contribution in [-0.4, -0.2) is 53.8 Å². The maximum absolute atomic E-state index is 11.5. The smallest absolute Gasteiger partial charge is 0.276 e. The van der Waals surface area contributed by atoms with Crippen molar-refractivity contribution in [3.63, 3.8) is 0 Å². The molecular weight excluding hydrogens is 364 g/mol. The van der Waals surface area contributed by atoms with Gasteiger partial charge in [0.2, 0.25) is 0 Å². The summed E-state index contributed by atoms with van der Waals surface area (Å²) in [4.78, 5) is 11.5. The summed E-state index contributed by atoms with van der Waals surface area (Å²) in [6.45, 7) is 9.78. The van der Waals surface area contributed by atoms with Gasteiger partial charge in [0.1, 0.15) is 17.8 Å². The van der Waals surface area contributed by atoms with E-state index in [-0.39, 0.29) is 23.9 Å². The average Bonchev–Trinajstić information content (AvgIpc) is 2.64. The predicted molar refractivity (Wildman–Crippen MR) is 101 cm³/mol.